The molecule has 11 heteroatoms. The van der Waals surface area contributed by atoms with E-state index in [-0.39, 0.29) is 24.6 Å². The summed E-state index contributed by atoms with van der Waals surface area (Å²) in [5.74, 6) is -0.00144. The summed E-state index contributed by atoms with van der Waals surface area (Å²) in [6.45, 7) is 1.85. The fourth-order valence-electron chi connectivity index (χ4n) is 4.09. The van der Waals surface area contributed by atoms with Crippen LogP contribution in [0.5, 0.6) is 0 Å². The molecule has 3 aliphatic heterocycles. The number of amides is 1. The van der Waals surface area contributed by atoms with Crippen molar-refractivity contribution in [3.8, 4) is 0 Å². The van der Waals surface area contributed by atoms with Crippen LogP contribution < -0.4 is 17.2 Å². The Kier molecular flexibility index (Phi) is 3.92. The van der Waals surface area contributed by atoms with Crippen LogP contribution in [0.25, 0.3) is 0 Å². The van der Waals surface area contributed by atoms with Gasteiger partial charge in [-0.3, -0.25) is 5.21 Å². The van der Waals surface area contributed by atoms with E-state index >= 15 is 0 Å². The molecule has 24 heavy (non-hydrogen) atoms. The maximum Gasteiger partial charge on any atom is 0.404 e. The van der Waals surface area contributed by atoms with Crippen LogP contribution in [0.1, 0.15) is 26.2 Å². The highest BCUT2D eigenvalue weighted by Crippen LogP contribution is 2.47. The molecule has 0 bridgehead atoms. The number of hydrogen-bond acceptors (Lipinski definition) is 10. The van der Waals surface area contributed by atoms with Crippen LogP contribution >= 0.6 is 0 Å². The van der Waals surface area contributed by atoms with Gasteiger partial charge in [0.1, 0.15) is 24.8 Å². The first-order chi connectivity index (χ1) is 11.3. The number of hydroxylamine groups is 2. The van der Waals surface area contributed by atoms with E-state index in [4.69, 9.17) is 21.9 Å². The van der Waals surface area contributed by atoms with E-state index in [1.54, 1.807) is 4.90 Å². The molecule has 8 N–H and O–H groups in total. The SMILES string of the molecule is CCCC1CC(O)C23C(N=C(N)N2O)C(COC(N)=O)N=C(N)N13. The van der Waals surface area contributed by atoms with Gasteiger partial charge < -0.3 is 31.9 Å². The van der Waals surface area contributed by atoms with Gasteiger partial charge in [-0.2, -0.15) is 5.06 Å². The van der Waals surface area contributed by atoms with Crippen molar-refractivity contribution < 1.29 is 19.8 Å². The van der Waals surface area contributed by atoms with Crippen molar-refractivity contribution in [1.82, 2.24) is 9.96 Å². The molecule has 3 aliphatic rings. The molecule has 11 nitrogen and oxygen atoms in total. The fraction of sp³-hybridized carbons (Fsp3) is 0.769. The van der Waals surface area contributed by atoms with E-state index in [0.717, 1.165) is 17.9 Å². The van der Waals surface area contributed by atoms with Crippen LogP contribution in [0.2, 0.25) is 0 Å². The van der Waals surface area contributed by atoms with Gasteiger partial charge in [-0.05, 0) is 12.8 Å². The molecule has 3 heterocycles. The van der Waals surface area contributed by atoms with E-state index in [2.05, 4.69) is 9.98 Å². The highest BCUT2D eigenvalue weighted by Gasteiger charge is 2.68. The molecule has 1 fully saturated rings. The fourth-order valence-corrected chi connectivity index (χ4v) is 4.09. The van der Waals surface area contributed by atoms with Gasteiger partial charge in [-0.25, -0.2) is 14.8 Å². The van der Waals surface area contributed by atoms with Crippen LogP contribution in [-0.2, 0) is 4.74 Å². The molecule has 0 aliphatic carbocycles. The van der Waals surface area contributed by atoms with Gasteiger partial charge in [-0.15, -0.1) is 0 Å². The molecule has 1 saturated heterocycles. The smallest absolute Gasteiger partial charge is 0.404 e. The predicted octanol–water partition coefficient (Wildman–Crippen LogP) is -1.90. The lowest BCUT2D eigenvalue weighted by Gasteiger charge is -2.49. The summed E-state index contributed by atoms with van der Waals surface area (Å²) < 4.78 is 4.83. The Morgan fingerprint density at radius 3 is 2.75 bits per heavy atom. The third kappa shape index (κ3) is 2.08. The monoisotopic (exact) mass is 341 g/mol. The summed E-state index contributed by atoms with van der Waals surface area (Å²) in [5.41, 5.74) is 15.6. The molecule has 1 spiro atoms. The van der Waals surface area contributed by atoms with Crippen LogP contribution in [0.3, 0.4) is 0 Å². The number of primary amides is 1. The number of hydrogen-bond donors (Lipinski definition) is 5. The molecule has 3 rings (SSSR count). The number of aliphatic hydroxyl groups is 1. The Morgan fingerprint density at radius 2 is 2.12 bits per heavy atom. The first-order valence-corrected chi connectivity index (χ1v) is 7.89. The second-order valence-corrected chi connectivity index (χ2v) is 6.28. The van der Waals surface area contributed by atoms with Crippen molar-refractivity contribution in [2.45, 2.75) is 56.1 Å². The van der Waals surface area contributed by atoms with Crippen molar-refractivity contribution in [1.29, 1.82) is 0 Å². The number of carbonyl (C=O) groups is 1. The third-order valence-corrected chi connectivity index (χ3v) is 4.93. The first-order valence-electron chi connectivity index (χ1n) is 7.89. The molecule has 0 saturated carbocycles. The minimum atomic E-state index is -1.35. The van der Waals surface area contributed by atoms with E-state index in [1.807, 2.05) is 6.92 Å². The third-order valence-electron chi connectivity index (χ3n) is 4.93. The molecule has 1 amide bonds. The second-order valence-electron chi connectivity index (χ2n) is 6.28. The zero-order valence-corrected chi connectivity index (χ0v) is 13.4. The van der Waals surface area contributed by atoms with Gasteiger partial charge in [0, 0.05) is 6.04 Å². The summed E-state index contributed by atoms with van der Waals surface area (Å²) in [4.78, 5) is 21.2. The molecule has 134 valence electrons. The summed E-state index contributed by atoms with van der Waals surface area (Å²) >= 11 is 0. The Morgan fingerprint density at radius 1 is 1.42 bits per heavy atom. The Balaban J connectivity index is 2.03. The molecule has 0 radical (unpaired) electrons. The second kappa shape index (κ2) is 5.67. The zero-order valence-electron chi connectivity index (χ0n) is 13.4. The molecule has 0 aromatic rings. The average molecular weight is 341 g/mol. The number of aliphatic imine (C=N–C) groups is 2. The quantitative estimate of drug-likeness (QED) is 0.393. The van der Waals surface area contributed by atoms with Gasteiger partial charge in [0.2, 0.25) is 5.96 Å². The number of aliphatic hydroxyl groups excluding tert-OH is 1. The van der Waals surface area contributed by atoms with Crippen molar-refractivity contribution in [3.63, 3.8) is 0 Å². The van der Waals surface area contributed by atoms with Crippen molar-refractivity contribution in [2.24, 2.45) is 27.2 Å². The van der Waals surface area contributed by atoms with Gasteiger partial charge in [-0.1, -0.05) is 13.3 Å². The Bertz CT molecular complexity index is 597. The maximum atomic E-state index is 10.9. The highest BCUT2D eigenvalue weighted by atomic mass is 16.5. The normalized spacial score (nSPS) is 37.6. The van der Waals surface area contributed by atoms with Crippen molar-refractivity contribution in [2.75, 3.05) is 6.61 Å². The molecule has 5 atom stereocenters. The van der Waals surface area contributed by atoms with Gasteiger partial charge >= 0.3 is 6.09 Å². The molecular weight excluding hydrogens is 318 g/mol. The Labute approximate surface area is 138 Å². The standard InChI is InChI=1S/C13H23N7O4/c1-2-3-6-4-8(21)13-9(18-11(15)20(13)23)7(5-24-12(16)22)17-10(14)19(6)13/h6-9,21,23H,2-5H2,1H3,(H2,14,17)(H2,15,18)(H2,16,22). The van der Waals surface area contributed by atoms with E-state index in [0.29, 0.717) is 6.42 Å². The molecular formula is C13H23N7O4. The number of rotatable bonds is 4. The lowest BCUT2D eigenvalue weighted by molar-refractivity contribution is -0.188. The number of nitrogens with zero attached hydrogens (tertiary/aromatic N) is 4. The number of ether oxygens (including phenoxy) is 1. The molecule has 5 unspecified atom stereocenters. The summed E-state index contributed by atoms with van der Waals surface area (Å²) in [6.07, 6.45) is 0.116. The average Bonchev–Trinajstić information content (AvgIpc) is 2.95. The summed E-state index contributed by atoms with van der Waals surface area (Å²) in [7, 11) is 0. The topological polar surface area (TPSA) is 176 Å². The lowest BCUT2D eigenvalue weighted by Crippen LogP contribution is -2.73. The number of guanidine groups is 2. The van der Waals surface area contributed by atoms with Crippen molar-refractivity contribution in [3.05, 3.63) is 0 Å². The zero-order chi connectivity index (χ0) is 17.6. The largest absolute Gasteiger partial charge is 0.447 e. The van der Waals surface area contributed by atoms with E-state index in [1.165, 1.54) is 0 Å². The van der Waals surface area contributed by atoms with Crippen LogP contribution in [0.4, 0.5) is 4.79 Å². The van der Waals surface area contributed by atoms with Gasteiger partial charge in [0.15, 0.2) is 11.6 Å². The minimum absolute atomic E-state index is 0.106. The summed E-state index contributed by atoms with van der Waals surface area (Å²) in [5, 5.41) is 22.1. The van der Waals surface area contributed by atoms with Gasteiger partial charge in [0.25, 0.3) is 0 Å². The lowest BCUT2D eigenvalue weighted by atomic mass is 9.89. The highest BCUT2D eigenvalue weighted by molar-refractivity contribution is 5.86. The Hall–Kier alpha value is -2.27. The molecule has 0 aromatic heterocycles. The molecule has 0 aromatic carbocycles. The first kappa shape index (κ1) is 16.6. The maximum absolute atomic E-state index is 10.9. The number of nitrogens with two attached hydrogens (primary N) is 3. The number of carbonyl (C=O) groups excluding carboxylic acids is 1. The van der Waals surface area contributed by atoms with Gasteiger partial charge in [0.05, 0.1) is 0 Å². The van der Waals surface area contributed by atoms with Crippen LogP contribution in [0, 0.1) is 0 Å². The summed E-state index contributed by atoms with van der Waals surface area (Å²) in [6, 6.07) is -1.56. The van der Waals surface area contributed by atoms with Crippen molar-refractivity contribution >= 4 is 18.0 Å². The van der Waals surface area contributed by atoms with Crippen LogP contribution in [-0.4, -0.2) is 74.8 Å². The van der Waals surface area contributed by atoms with E-state index < -0.39 is 29.9 Å². The predicted molar refractivity (Wildman–Crippen MR) is 83.9 cm³/mol. The van der Waals surface area contributed by atoms with Crippen LogP contribution in [0.15, 0.2) is 9.98 Å². The minimum Gasteiger partial charge on any atom is -0.447 e. The van der Waals surface area contributed by atoms with E-state index in [9.17, 15) is 15.1 Å².